The molecule has 0 aromatic heterocycles. The Morgan fingerprint density at radius 2 is 0.924 bits per heavy atom. The first kappa shape index (κ1) is 62.9. The van der Waals surface area contributed by atoms with Gasteiger partial charge in [0.1, 0.15) is 13.2 Å². The van der Waals surface area contributed by atoms with Gasteiger partial charge in [0.15, 0.2) is 0 Å². The van der Waals surface area contributed by atoms with E-state index in [9.17, 15) is 19.4 Å². The number of amides is 1. The van der Waals surface area contributed by atoms with Crippen molar-refractivity contribution in [2.75, 3.05) is 40.9 Å². The van der Waals surface area contributed by atoms with Crippen LogP contribution in [0, 0.1) is 0 Å². The van der Waals surface area contributed by atoms with Crippen molar-refractivity contribution in [3.05, 3.63) is 122 Å². The lowest BCUT2D eigenvalue weighted by atomic mass is 10.1. The zero-order valence-electron chi connectivity index (χ0n) is 42.6. The van der Waals surface area contributed by atoms with Crippen molar-refractivity contribution in [2.45, 2.75) is 193 Å². The summed E-state index contributed by atoms with van der Waals surface area (Å²) in [5, 5.41) is 13.8. The molecule has 0 radical (unpaired) electrons. The summed E-state index contributed by atoms with van der Waals surface area (Å²) in [7, 11) is 1.22. The number of allylic oxidation sites excluding steroid dienone is 19. The van der Waals surface area contributed by atoms with Crippen molar-refractivity contribution in [1.82, 2.24) is 5.32 Å². The van der Waals surface area contributed by atoms with Gasteiger partial charge in [0.05, 0.1) is 39.9 Å². The maximum absolute atomic E-state index is 12.9. The fourth-order valence-electron chi connectivity index (χ4n) is 6.61. The SMILES string of the molecule is CC/C=C\C/C=C\C/C=C\C/C=C\C/C=C\C/C=C\C/C=C\C/C=C\C/C=C\CCCCCCCC(=O)NC(COP(=O)([O-])OCC[N+](C)(C)C)C(O)/C=C/CCCCCCCCCCC. The number of phosphoric ester groups is 1. The van der Waals surface area contributed by atoms with E-state index in [0.717, 1.165) is 116 Å². The number of aliphatic hydroxyl groups is 1. The molecule has 9 heteroatoms. The van der Waals surface area contributed by atoms with Crippen molar-refractivity contribution < 1.29 is 32.9 Å². The number of hydrogen-bond donors (Lipinski definition) is 2. The largest absolute Gasteiger partial charge is 0.756 e. The van der Waals surface area contributed by atoms with E-state index in [1.807, 2.05) is 27.2 Å². The van der Waals surface area contributed by atoms with Gasteiger partial charge >= 0.3 is 0 Å². The summed E-state index contributed by atoms with van der Waals surface area (Å²) in [6, 6.07) is -0.904. The number of unbranched alkanes of at least 4 members (excludes halogenated alkanes) is 14. The van der Waals surface area contributed by atoms with E-state index in [1.165, 1.54) is 44.9 Å². The molecule has 1 amide bonds. The molecule has 0 fully saturated rings. The quantitative estimate of drug-likeness (QED) is 0.0273. The van der Waals surface area contributed by atoms with Gasteiger partial charge in [-0.1, -0.05) is 206 Å². The summed E-state index contributed by atoms with van der Waals surface area (Å²) in [6.07, 6.45) is 69.8. The second-order valence-corrected chi connectivity index (χ2v) is 19.6. The number of nitrogens with one attached hydrogen (secondary N) is 1. The second-order valence-electron chi connectivity index (χ2n) is 18.1. The first-order valence-corrected chi connectivity index (χ1v) is 27.4. The number of likely N-dealkylation sites (N-methyl/N-ethyl adjacent to an activating group) is 1. The predicted octanol–water partition coefficient (Wildman–Crippen LogP) is 14.8. The van der Waals surface area contributed by atoms with E-state index in [0.29, 0.717) is 17.4 Å². The van der Waals surface area contributed by atoms with Gasteiger partial charge in [-0.15, -0.1) is 0 Å². The Morgan fingerprint density at radius 1 is 0.545 bits per heavy atom. The highest BCUT2D eigenvalue weighted by atomic mass is 31.2. The van der Waals surface area contributed by atoms with Crippen molar-refractivity contribution in [2.24, 2.45) is 0 Å². The minimum absolute atomic E-state index is 0.0120. The summed E-state index contributed by atoms with van der Waals surface area (Å²) >= 11 is 0. The monoisotopic (exact) mass is 937 g/mol. The minimum atomic E-state index is -4.60. The third-order valence-electron chi connectivity index (χ3n) is 10.7. The number of nitrogens with zero attached hydrogens (tertiary/aromatic N) is 1. The van der Waals surface area contributed by atoms with E-state index in [4.69, 9.17) is 9.05 Å². The molecule has 376 valence electrons. The summed E-state index contributed by atoms with van der Waals surface area (Å²) in [5.41, 5.74) is 0. The lowest BCUT2D eigenvalue weighted by Crippen LogP contribution is -2.45. The molecule has 0 bridgehead atoms. The van der Waals surface area contributed by atoms with Gasteiger partial charge in [0.25, 0.3) is 7.82 Å². The van der Waals surface area contributed by atoms with Gasteiger partial charge in [0, 0.05) is 6.42 Å². The molecule has 0 aromatic rings. The normalized spacial score (nSPS) is 15.1. The summed E-state index contributed by atoms with van der Waals surface area (Å²) < 4.78 is 23.2. The number of phosphoric acid groups is 1. The maximum Gasteiger partial charge on any atom is 0.268 e. The van der Waals surface area contributed by atoms with Crippen LogP contribution >= 0.6 is 7.82 Å². The standard InChI is InChI=1S/C57H97N2O6P/c1-6-8-10-12-14-16-18-19-20-21-22-23-24-25-26-27-28-29-30-31-32-33-34-35-36-37-38-39-41-43-45-47-49-51-57(61)58-55(54-65-66(62,63)64-53-52-59(3,4)5)56(60)50-48-46-44-42-40-17-15-13-11-9-7-2/h8,10,14,16,19-20,22-23,25-26,28-29,31-32,34-35,37-38,48,50,55-56,60H,6-7,9,11-13,15,17-18,21,24,27,30,33,36,39-47,49,51-54H2,1-5H3,(H-,58,61,62,63)/b10-8-,16-14-,20-19-,23-22-,26-25-,29-28-,32-31-,35-34-,38-37-,50-48+. The van der Waals surface area contributed by atoms with E-state index in [1.54, 1.807) is 6.08 Å². The molecule has 0 aliphatic rings. The van der Waals surface area contributed by atoms with Crippen LogP contribution in [0.2, 0.25) is 0 Å². The molecule has 0 saturated heterocycles. The number of rotatable bonds is 45. The van der Waals surface area contributed by atoms with E-state index >= 15 is 0 Å². The Labute approximate surface area is 405 Å². The number of hydrogen-bond acceptors (Lipinski definition) is 6. The number of aliphatic hydroxyl groups excluding tert-OH is 1. The molecule has 0 heterocycles. The Bertz CT molecular complexity index is 1480. The zero-order chi connectivity index (χ0) is 48.5. The molecule has 3 atom stereocenters. The average molecular weight is 937 g/mol. The zero-order valence-corrected chi connectivity index (χ0v) is 43.5. The molecule has 3 unspecified atom stereocenters. The molecule has 8 nitrogen and oxygen atoms in total. The van der Waals surface area contributed by atoms with Crippen LogP contribution in [0.4, 0.5) is 0 Å². The molecule has 0 saturated carbocycles. The third kappa shape index (κ3) is 48.8. The topological polar surface area (TPSA) is 108 Å². The van der Waals surface area contributed by atoms with E-state index in [-0.39, 0.29) is 12.5 Å². The summed E-state index contributed by atoms with van der Waals surface area (Å²) in [4.78, 5) is 25.3. The molecule has 66 heavy (non-hydrogen) atoms. The molecule has 0 aromatic carbocycles. The number of carbonyl (C=O) groups excluding carboxylic acids is 1. The van der Waals surface area contributed by atoms with Crippen LogP contribution in [0.25, 0.3) is 0 Å². The van der Waals surface area contributed by atoms with Crippen LogP contribution in [0.15, 0.2) is 122 Å². The highest BCUT2D eigenvalue weighted by Gasteiger charge is 2.23. The summed E-state index contributed by atoms with van der Waals surface area (Å²) in [5.74, 6) is -0.224. The van der Waals surface area contributed by atoms with Crippen molar-refractivity contribution in [3.63, 3.8) is 0 Å². The van der Waals surface area contributed by atoms with Gasteiger partial charge in [-0.2, -0.15) is 0 Å². The molecule has 0 spiro atoms. The Morgan fingerprint density at radius 3 is 1.35 bits per heavy atom. The second kappa shape index (κ2) is 47.0. The fraction of sp³-hybridized carbons (Fsp3) is 0.632. The van der Waals surface area contributed by atoms with Gasteiger partial charge in [-0.25, -0.2) is 0 Å². The van der Waals surface area contributed by atoms with Crippen LogP contribution in [0.3, 0.4) is 0 Å². The first-order chi connectivity index (χ1) is 32.0. The molecule has 2 N–H and O–H groups in total. The highest BCUT2D eigenvalue weighted by molar-refractivity contribution is 7.45. The summed E-state index contributed by atoms with van der Waals surface area (Å²) in [6.45, 7) is 4.47. The number of quaternary nitrogens is 1. The lowest BCUT2D eigenvalue weighted by molar-refractivity contribution is -0.870. The van der Waals surface area contributed by atoms with Gasteiger partial charge in [-0.3, -0.25) is 9.36 Å². The number of carbonyl (C=O) groups is 1. The fourth-order valence-corrected chi connectivity index (χ4v) is 7.34. The third-order valence-corrected chi connectivity index (χ3v) is 11.6. The predicted molar refractivity (Wildman–Crippen MR) is 283 cm³/mol. The molecular weight excluding hydrogens is 840 g/mol. The van der Waals surface area contributed by atoms with E-state index < -0.39 is 26.6 Å². The minimum Gasteiger partial charge on any atom is -0.756 e. The van der Waals surface area contributed by atoms with Crippen molar-refractivity contribution in [3.8, 4) is 0 Å². The molecule has 0 aliphatic heterocycles. The van der Waals surface area contributed by atoms with Crippen LogP contribution in [-0.2, 0) is 18.4 Å². The molecule has 0 rings (SSSR count). The van der Waals surface area contributed by atoms with Crippen LogP contribution < -0.4 is 10.2 Å². The maximum atomic E-state index is 12.9. The molecular formula is C57H97N2O6P. The van der Waals surface area contributed by atoms with Crippen molar-refractivity contribution in [1.29, 1.82) is 0 Å². The van der Waals surface area contributed by atoms with Crippen LogP contribution in [0.5, 0.6) is 0 Å². The average Bonchev–Trinajstić information content (AvgIpc) is 3.28. The van der Waals surface area contributed by atoms with Gasteiger partial charge in [0.2, 0.25) is 5.91 Å². The smallest absolute Gasteiger partial charge is 0.268 e. The molecule has 0 aliphatic carbocycles. The van der Waals surface area contributed by atoms with E-state index in [2.05, 4.69) is 129 Å². The Balaban J connectivity index is 4.25. The first-order valence-electron chi connectivity index (χ1n) is 25.9. The van der Waals surface area contributed by atoms with Crippen LogP contribution in [0.1, 0.15) is 181 Å². The van der Waals surface area contributed by atoms with Crippen LogP contribution in [-0.4, -0.2) is 68.5 Å². The Hall–Kier alpha value is -3.10. The van der Waals surface area contributed by atoms with Gasteiger partial charge < -0.3 is 28.8 Å². The highest BCUT2D eigenvalue weighted by Crippen LogP contribution is 2.38. The lowest BCUT2D eigenvalue weighted by Gasteiger charge is -2.29. The van der Waals surface area contributed by atoms with Gasteiger partial charge in [-0.05, 0) is 89.9 Å². The van der Waals surface area contributed by atoms with Crippen molar-refractivity contribution >= 4 is 13.7 Å². The Kier molecular flexibility index (Phi) is 44.8.